The van der Waals surface area contributed by atoms with Gasteiger partial charge in [-0.15, -0.1) is 0 Å². The molecule has 4 rings (SSSR count). The highest BCUT2D eigenvalue weighted by Gasteiger charge is 2.32. The van der Waals surface area contributed by atoms with Crippen molar-refractivity contribution in [3.8, 4) is 11.1 Å². The molecule has 0 aliphatic heterocycles. The average Bonchev–Trinajstić information content (AvgIpc) is 3.16. The Hall–Kier alpha value is -3.71. The minimum absolute atomic E-state index is 0.0384. The van der Waals surface area contributed by atoms with E-state index in [0.29, 0.717) is 33.9 Å². The third kappa shape index (κ3) is 3.43. The number of rotatable bonds is 6. The first kappa shape index (κ1) is 20.6. The van der Waals surface area contributed by atoms with Crippen LogP contribution < -0.4 is 0 Å². The average molecular weight is 433 g/mol. The molecule has 0 aliphatic rings. The molecule has 0 atom stereocenters. The van der Waals surface area contributed by atoms with Crippen molar-refractivity contribution in [3.05, 3.63) is 90.1 Å². The Balaban J connectivity index is 2.19. The Labute approximate surface area is 179 Å². The van der Waals surface area contributed by atoms with Gasteiger partial charge in [-0.1, -0.05) is 60.7 Å². The predicted molar refractivity (Wildman–Crippen MR) is 118 cm³/mol. The van der Waals surface area contributed by atoms with Crippen LogP contribution in [-0.2, 0) is 14.8 Å². The molecule has 4 aromatic rings. The van der Waals surface area contributed by atoms with Gasteiger partial charge in [0.05, 0.1) is 17.0 Å². The monoisotopic (exact) mass is 433 g/mol. The third-order valence-corrected chi connectivity index (χ3v) is 6.67. The van der Waals surface area contributed by atoms with Crippen molar-refractivity contribution in [3.63, 3.8) is 0 Å². The van der Waals surface area contributed by atoms with Crippen LogP contribution in [-0.4, -0.2) is 31.3 Å². The molecule has 0 aliphatic carbocycles. The number of fused-ring (bicyclic) bond motifs is 1. The molecule has 0 fully saturated rings. The summed E-state index contributed by atoms with van der Waals surface area (Å²) >= 11 is 0. The zero-order chi connectivity index (χ0) is 22.0. The number of esters is 1. The molecule has 6 nitrogen and oxygen atoms in total. The van der Waals surface area contributed by atoms with Crippen LogP contribution in [0.4, 0.5) is 0 Å². The van der Waals surface area contributed by atoms with Crippen molar-refractivity contribution in [1.82, 2.24) is 3.97 Å². The number of hydrogen-bond donors (Lipinski definition) is 0. The topological polar surface area (TPSA) is 82.4 Å². The van der Waals surface area contributed by atoms with E-state index in [1.807, 2.05) is 0 Å². The van der Waals surface area contributed by atoms with Gasteiger partial charge < -0.3 is 4.74 Å². The van der Waals surface area contributed by atoms with Crippen molar-refractivity contribution in [1.29, 1.82) is 0 Å². The summed E-state index contributed by atoms with van der Waals surface area (Å²) in [5.74, 6) is -0.783. The van der Waals surface area contributed by atoms with Gasteiger partial charge in [-0.2, -0.15) is 0 Å². The number of ether oxygens (including phenoxy) is 1. The summed E-state index contributed by atoms with van der Waals surface area (Å²) in [6.07, 6.45) is 0.683. The Bertz CT molecular complexity index is 1390. The number of aromatic nitrogens is 1. The zero-order valence-electron chi connectivity index (χ0n) is 16.7. The van der Waals surface area contributed by atoms with E-state index in [1.165, 1.54) is 12.1 Å². The van der Waals surface area contributed by atoms with Crippen LogP contribution >= 0.6 is 0 Å². The van der Waals surface area contributed by atoms with Crippen LogP contribution in [0.2, 0.25) is 0 Å². The van der Waals surface area contributed by atoms with Gasteiger partial charge in [-0.3, -0.25) is 4.79 Å². The van der Waals surface area contributed by atoms with E-state index in [9.17, 15) is 18.0 Å². The highest BCUT2D eigenvalue weighted by atomic mass is 32.2. The third-order valence-electron chi connectivity index (χ3n) is 4.94. The van der Waals surface area contributed by atoms with Gasteiger partial charge in [-0.05, 0) is 30.7 Å². The maximum absolute atomic E-state index is 13.7. The normalized spacial score (nSPS) is 11.4. The lowest BCUT2D eigenvalue weighted by Gasteiger charge is -2.13. The lowest BCUT2D eigenvalue weighted by atomic mass is 9.97. The van der Waals surface area contributed by atoms with E-state index in [4.69, 9.17) is 4.74 Å². The first-order chi connectivity index (χ1) is 15.0. The Morgan fingerprint density at radius 2 is 1.58 bits per heavy atom. The van der Waals surface area contributed by atoms with Crippen LogP contribution in [0.5, 0.6) is 0 Å². The summed E-state index contributed by atoms with van der Waals surface area (Å²) in [6, 6.07) is 21.4. The van der Waals surface area contributed by atoms with E-state index in [-0.39, 0.29) is 17.2 Å². The Morgan fingerprint density at radius 1 is 0.935 bits per heavy atom. The van der Waals surface area contributed by atoms with Gasteiger partial charge in [0.25, 0.3) is 10.0 Å². The summed E-state index contributed by atoms with van der Waals surface area (Å²) < 4.78 is 33.6. The molecule has 3 aromatic carbocycles. The highest BCUT2D eigenvalue weighted by molar-refractivity contribution is 7.90. The fourth-order valence-electron chi connectivity index (χ4n) is 3.64. The molecular weight excluding hydrogens is 414 g/mol. The van der Waals surface area contributed by atoms with E-state index in [2.05, 4.69) is 0 Å². The number of aldehydes is 1. The maximum atomic E-state index is 13.7. The first-order valence-corrected chi connectivity index (χ1v) is 11.1. The van der Waals surface area contributed by atoms with E-state index in [1.54, 1.807) is 73.7 Å². The second-order valence-corrected chi connectivity index (χ2v) is 8.54. The minimum Gasteiger partial charge on any atom is -0.461 e. The molecule has 0 bridgehead atoms. The molecule has 0 amide bonds. The number of para-hydroxylation sites is 1. The van der Waals surface area contributed by atoms with Crippen LogP contribution in [0.3, 0.4) is 0 Å². The van der Waals surface area contributed by atoms with Gasteiger partial charge in [0.15, 0.2) is 12.0 Å². The lowest BCUT2D eigenvalue weighted by molar-refractivity contribution is 0.0519. The molecular formula is C24H19NO5S. The molecule has 1 heterocycles. The quantitative estimate of drug-likeness (QED) is 0.329. The van der Waals surface area contributed by atoms with Crippen molar-refractivity contribution in [2.75, 3.05) is 6.61 Å². The molecule has 0 saturated heterocycles. The number of nitrogens with zero attached hydrogens (tertiary/aromatic N) is 1. The maximum Gasteiger partial charge on any atom is 0.356 e. The molecule has 1 aromatic heterocycles. The molecule has 0 spiro atoms. The van der Waals surface area contributed by atoms with E-state index in [0.717, 1.165) is 3.97 Å². The summed E-state index contributed by atoms with van der Waals surface area (Å²) in [7, 11) is -4.14. The predicted octanol–water partition coefficient (Wildman–Crippen LogP) is 4.53. The largest absolute Gasteiger partial charge is 0.461 e. The zero-order valence-corrected chi connectivity index (χ0v) is 17.5. The number of carbonyl (C=O) groups excluding carboxylic acids is 2. The van der Waals surface area contributed by atoms with Crippen LogP contribution in [0.1, 0.15) is 27.8 Å². The molecule has 0 N–H and O–H groups in total. The number of benzene rings is 3. The molecule has 7 heteroatoms. The van der Waals surface area contributed by atoms with Crippen molar-refractivity contribution in [2.24, 2.45) is 0 Å². The van der Waals surface area contributed by atoms with E-state index >= 15 is 0 Å². The SMILES string of the molecule is CCOC(=O)c1c(-c2ccccc2C=O)c2ccccc2n1S(=O)(=O)c1ccccc1. The van der Waals surface area contributed by atoms with Gasteiger partial charge in [0.1, 0.15) is 0 Å². The molecule has 0 radical (unpaired) electrons. The summed E-state index contributed by atoms with van der Waals surface area (Å²) in [5, 5.41) is 0.527. The van der Waals surface area contributed by atoms with Gasteiger partial charge in [0, 0.05) is 16.5 Å². The smallest absolute Gasteiger partial charge is 0.356 e. The fraction of sp³-hybridized carbons (Fsp3) is 0.0833. The molecule has 0 saturated carbocycles. The second kappa shape index (κ2) is 8.20. The van der Waals surface area contributed by atoms with Gasteiger partial charge >= 0.3 is 5.97 Å². The first-order valence-electron chi connectivity index (χ1n) is 9.66. The lowest BCUT2D eigenvalue weighted by Crippen LogP contribution is -2.20. The Kier molecular flexibility index (Phi) is 5.44. The number of carbonyl (C=O) groups is 2. The Morgan fingerprint density at radius 3 is 2.29 bits per heavy atom. The minimum atomic E-state index is -4.14. The number of hydrogen-bond acceptors (Lipinski definition) is 5. The van der Waals surface area contributed by atoms with Crippen LogP contribution in [0, 0.1) is 0 Å². The summed E-state index contributed by atoms with van der Waals surface area (Å²) in [6.45, 7) is 1.72. The second-order valence-electron chi connectivity index (χ2n) is 6.75. The van der Waals surface area contributed by atoms with Crippen LogP contribution in [0.15, 0.2) is 83.8 Å². The molecule has 156 valence electrons. The van der Waals surface area contributed by atoms with Crippen LogP contribution in [0.25, 0.3) is 22.0 Å². The van der Waals surface area contributed by atoms with Crippen molar-refractivity contribution < 1.29 is 22.7 Å². The van der Waals surface area contributed by atoms with E-state index < -0.39 is 16.0 Å². The molecule has 0 unspecified atom stereocenters. The van der Waals surface area contributed by atoms with Gasteiger partial charge in [0.2, 0.25) is 0 Å². The van der Waals surface area contributed by atoms with Crippen molar-refractivity contribution >= 4 is 33.2 Å². The molecule has 31 heavy (non-hydrogen) atoms. The standard InChI is InChI=1S/C24H19NO5S/c1-2-30-24(27)23-22(19-13-7-6-10-17(19)16-26)20-14-8-9-15-21(20)25(23)31(28,29)18-11-4-3-5-12-18/h3-16H,2H2,1H3. The highest BCUT2D eigenvalue weighted by Crippen LogP contribution is 2.39. The van der Waals surface area contributed by atoms with Crippen molar-refractivity contribution in [2.45, 2.75) is 11.8 Å². The van der Waals surface area contributed by atoms with Gasteiger partial charge in [-0.25, -0.2) is 17.2 Å². The summed E-state index contributed by atoms with van der Waals surface area (Å²) in [5.41, 5.74) is 1.33. The summed E-state index contributed by atoms with van der Waals surface area (Å²) in [4.78, 5) is 24.9. The fourth-order valence-corrected chi connectivity index (χ4v) is 5.18.